The normalized spacial score (nSPS) is 12.3. The highest BCUT2D eigenvalue weighted by molar-refractivity contribution is 5.62. The standard InChI is InChI=1S/C16H20N2/c1-3-18-13(2)12-14-4-6-15(7-5-14)16-8-10-17-11-9-16/h4-11,13,18H,3,12H2,1-2H3. The Balaban J connectivity index is 2.06. The molecule has 0 aliphatic carbocycles. The van der Waals surface area contributed by atoms with Gasteiger partial charge in [0.05, 0.1) is 0 Å². The second kappa shape index (κ2) is 6.31. The van der Waals surface area contributed by atoms with Gasteiger partial charge in [-0.3, -0.25) is 4.98 Å². The quantitative estimate of drug-likeness (QED) is 0.867. The molecule has 2 rings (SSSR count). The van der Waals surface area contributed by atoms with Crippen molar-refractivity contribution in [2.45, 2.75) is 26.3 Å². The van der Waals surface area contributed by atoms with Crippen LogP contribution < -0.4 is 5.32 Å². The zero-order valence-electron chi connectivity index (χ0n) is 11.1. The maximum absolute atomic E-state index is 4.04. The molecule has 2 aromatic rings. The van der Waals surface area contributed by atoms with Gasteiger partial charge in [-0.05, 0) is 48.7 Å². The highest BCUT2D eigenvalue weighted by Crippen LogP contribution is 2.19. The molecular weight excluding hydrogens is 220 g/mol. The lowest BCUT2D eigenvalue weighted by molar-refractivity contribution is 0.565. The Morgan fingerprint density at radius 2 is 1.61 bits per heavy atom. The third-order valence-corrected chi connectivity index (χ3v) is 3.06. The SMILES string of the molecule is CCNC(C)Cc1ccc(-c2ccncc2)cc1. The maximum atomic E-state index is 4.04. The van der Waals surface area contributed by atoms with Crippen LogP contribution in [-0.2, 0) is 6.42 Å². The molecule has 0 spiro atoms. The first-order valence-corrected chi connectivity index (χ1v) is 6.52. The Morgan fingerprint density at radius 1 is 1.00 bits per heavy atom. The molecule has 94 valence electrons. The van der Waals surface area contributed by atoms with Crippen LogP contribution in [0.4, 0.5) is 0 Å². The number of hydrogen-bond acceptors (Lipinski definition) is 2. The second-order valence-electron chi connectivity index (χ2n) is 4.60. The molecule has 1 N–H and O–H groups in total. The fraction of sp³-hybridized carbons (Fsp3) is 0.312. The average Bonchev–Trinajstić information content (AvgIpc) is 2.41. The van der Waals surface area contributed by atoms with Crippen LogP contribution in [0.5, 0.6) is 0 Å². The Kier molecular flexibility index (Phi) is 4.48. The summed E-state index contributed by atoms with van der Waals surface area (Å²) < 4.78 is 0. The maximum Gasteiger partial charge on any atom is 0.0273 e. The van der Waals surface area contributed by atoms with E-state index in [1.54, 1.807) is 0 Å². The van der Waals surface area contributed by atoms with Crippen molar-refractivity contribution < 1.29 is 0 Å². The Labute approximate surface area is 109 Å². The van der Waals surface area contributed by atoms with E-state index in [-0.39, 0.29) is 0 Å². The molecule has 1 atom stereocenters. The number of pyridine rings is 1. The Morgan fingerprint density at radius 3 is 2.22 bits per heavy atom. The zero-order valence-corrected chi connectivity index (χ0v) is 11.1. The predicted octanol–water partition coefficient (Wildman–Crippen LogP) is 3.29. The van der Waals surface area contributed by atoms with Crippen molar-refractivity contribution in [2.75, 3.05) is 6.54 Å². The number of rotatable bonds is 5. The molecule has 18 heavy (non-hydrogen) atoms. The van der Waals surface area contributed by atoms with E-state index in [9.17, 15) is 0 Å². The summed E-state index contributed by atoms with van der Waals surface area (Å²) in [5.41, 5.74) is 3.84. The van der Waals surface area contributed by atoms with Gasteiger partial charge in [-0.15, -0.1) is 0 Å². The minimum atomic E-state index is 0.529. The largest absolute Gasteiger partial charge is 0.314 e. The number of nitrogens with zero attached hydrogens (tertiary/aromatic N) is 1. The number of aromatic nitrogens is 1. The van der Waals surface area contributed by atoms with E-state index in [0.29, 0.717) is 6.04 Å². The minimum absolute atomic E-state index is 0.529. The number of benzene rings is 1. The van der Waals surface area contributed by atoms with Gasteiger partial charge in [0.15, 0.2) is 0 Å². The topological polar surface area (TPSA) is 24.9 Å². The van der Waals surface area contributed by atoms with Crippen molar-refractivity contribution in [2.24, 2.45) is 0 Å². The lowest BCUT2D eigenvalue weighted by Crippen LogP contribution is -2.27. The van der Waals surface area contributed by atoms with E-state index < -0.39 is 0 Å². The van der Waals surface area contributed by atoms with Gasteiger partial charge in [-0.25, -0.2) is 0 Å². The molecule has 0 saturated heterocycles. The summed E-state index contributed by atoms with van der Waals surface area (Å²) in [6.07, 6.45) is 4.73. The summed E-state index contributed by atoms with van der Waals surface area (Å²) in [6.45, 7) is 5.39. The number of hydrogen-bond donors (Lipinski definition) is 1. The first-order chi connectivity index (χ1) is 8.79. The third-order valence-electron chi connectivity index (χ3n) is 3.06. The zero-order chi connectivity index (χ0) is 12.8. The molecule has 0 radical (unpaired) electrons. The van der Waals surface area contributed by atoms with Crippen molar-refractivity contribution in [3.8, 4) is 11.1 Å². The van der Waals surface area contributed by atoms with Crippen molar-refractivity contribution in [1.82, 2.24) is 10.3 Å². The Hall–Kier alpha value is -1.67. The smallest absolute Gasteiger partial charge is 0.0273 e. The summed E-state index contributed by atoms with van der Waals surface area (Å²) in [6, 6.07) is 13.4. The van der Waals surface area contributed by atoms with Crippen LogP contribution in [-0.4, -0.2) is 17.6 Å². The van der Waals surface area contributed by atoms with Crippen LogP contribution in [0.25, 0.3) is 11.1 Å². The second-order valence-corrected chi connectivity index (χ2v) is 4.60. The third kappa shape index (κ3) is 3.41. The number of likely N-dealkylation sites (N-methyl/N-ethyl adjacent to an activating group) is 1. The summed E-state index contributed by atoms with van der Waals surface area (Å²) in [7, 11) is 0. The molecule has 1 heterocycles. The van der Waals surface area contributed by atoms with Crippen molar-refractivity contribution in [1.29, 1.82) is 0 Å². The molecule has 2 nitrogen and oxygen atoms in total. The lowest BCUT2D eigenvalue weighted by Gasteiger charge is -2.12. The first kappa shape index (κ1) is 12.8. The molecule has 2 heteroatoms. The molecule has 1 unspecified atom stereocenters. The summed E-state index contributed by atoms with van der Waals surface area (Å²) in [4.78, 5) is 4.04. The average molecular weight is 240 g/mol. The monoisotopic (exact) mass is 240 g/mol. The summed E-state index contributed by atoms with van der Waals surface area (Å²) >= 11 is 0. The van der Waals surface area contributed by atoms with Gasteiger partial charge in [0.1, 0.15) is 0 Å². The van der Waals surface area contributed by atoms with Crippen LogP contribution >= 0.6 is 0 Å². The highest BCUT2D eigenvalue weighted by atomic mass is 14.9. The van der Waals surface area contributed by atoms with E-state index in [1.165, 1.54) is 16.7 Å². The van der Waals surface area contributed by atoms with Crippen LogP contribution in [0.15, 0.2) is 48.8 Å². The summed E-state index contributed by atoms with van der Waals surface area (Å²) in [5.74, 6) is 0. The lowest BCUT2D eigenvalue weighted by atomic mass is 10.0. The fourth-order valence-corrected chi connectivity index (χ4v) is 2.15. The van der Waals surface area contributed by atoms with Gasteiger partial charge < -0.3 is 5.32 Å². The molecule has 0 saturated carbocycles. The van der Waals surface area contributed by atoms with Gasteiger partial charge >= 0.3 is 0 Å². The Bertz CT molecular complexity index is 462. The van der Waals surface area contributed by atoms with Gasteiger partial charge in [-0.2, -0.15) is 0 Å². The molecular formula is C16H20N2. The number of nitrogens with one attached hydrogen (secondary N) is 1. The predicted molar refractivity (Wildman–Crippen MR) is 76.5 cm³/mol. The first-order valence-electron chi connectivity index (χ1n) is 6.52. The van der Waals surface area contributed by atoms with E-state index in [1.807, 2.05) is 24.5 Å². The van der Waals surface area contributed by atoms with Crippen LogP contribution in [0.3, 0.4) is 0 Å². The van der Waals surface area contributed by atoms with E-state index in [0.717, 1.165) is 13.0 Å². The van der Waals surface area contributed by atoms with Crippen molar-refractivity contribution in [3.05, 3.63) is 54.4 Å². The molecule has 1 aromatic carbocycles. The van der Waals surface area contributed by atoms with E-state index in [4.69, 9.17) is 0 Å². The van der Waals surface area contributed by atoms with Crippen LogP contribution in [0.1, 0.15) is 19.4 Å². The highest BCUT2D eigenvalue weighted by Gasteiger charge is 2.02. The van der Waals surface area contributed by atoms with Crippen molar-refractivity contribution in [3.63, 3.8) is 0 Å². The molecule has 0 amide bonds. The van der Waals surface area contributed by atoms with Gasteiger partial charge in [-0.1, -0.05) is 31.2 Å². The van der Waals surface area contributed by atoms with E-state index in [2.05, 4.69) is 48.4 Å². The van der Waals surface area contributed by atoms with Crippen LogP contribution in [0.2, 0.25) is 0 Å². The fourth-order valence-electron chi connectivity index (χ4n) is 2.15. The molecule has 0 fully saturated rings. The summed E-state index contributed by atoms with van der Waals surface area (Å²) in [5, 5.41) is 3.43. The van der Waals surface area contributed by atoms with Gasteiger partial charge in [0.25, 0.3) is 0 Å². The molecule has 0 bridgehead atoms. The molecule has 0 aliphatic heterocycles. The molecule has 1 aromatic heterocycles. The van der Waals surface area contributed by atoms with E-state index >= 15 is 0 Å². The van der Waals surface area contributed by atoms with Crippen LogP contribution in [0, 0.1) is 0 Å². The van der Waals surface area contributed by atoms with Gasteiger partial charge in [0.2, 0.25) is 0 Å². The van der Waals surface area contributed by atoms with Crippen molar-refractivity contribution >= 4 is 0 Å². The molecule has 0 aliphatic rings. The minimum Gasteiger partial charge on any atom is -0.314 e. The van der Waals surface area contributed by atoms with Gasteiger partial charge in [0, 0.05) is 18.4 Å².